The molecule has 1 aromatic heterocycles. The lowest BCUT2D eigenvalue weighted by molar-refractivity contribution is 0.0738. The molecule has 5 nitrogen and oxygen atoms in total. The first-order chi connectivity index (χ1) is 15.7. The van der Waals surface area contributed by atoms with E-state index in [1.165, 1.54) is 53.6 Å². The van der Waals surface area contributed by atoms with Gasteiger partial charge in [-0.3, -0.25) is 4.90 Å². The Hall–Kier alpha value is -2.14. The monoisotopic (exact) mass is 449 g/mol. The summed E-state index contributed by atoms with van der Waals surface area (Å²) in [6, 6.07) is 7.78. The lowest BCUT2D eigenvalue weighted by Gasteiger charge is -2.45. The molecule has 1 N–H and O–H groups in total. The van der Waals surface area contributed by atoms with Gasteiger partial charge in [0.2, 0.25) is 5.95 Å². The minimum Gasteiger partial charge on any atom is -0.362 e. The van der Waals surface area contributed by atoms with Gasteiger partial charge in [0.15, 0.2) is 0 Å². The Morgan fingerprint density at radius 2 is 1.64 bits per heavy atom. The van der Waals surface area contributed by atoms with Gasteiger partial charge in [0.25, 0.3) is 0 Å². The zero-order chi connectivity index (χ0) is 23.8. The molecular formula is C28H43N5. The molecule has 1 saturated carbocycles. The number of benzene rings is 1. The zero-order valence-electron chi connectivity index (χ0n) is 21.8. The molecule has 0 aliphatic heterocycles. The Morgan fingerprint density at radius 3 is 2.33 bits per heavy atom. The van der Waals surface area contributed by atoms with Crippen LogP contribution in [0.1, 0.15) is 80.3 Å². The number of hydrogen-bond donors (Lipinski definition) is 1. The second-order valence-electron chi connectivity index (χ2n) is 11.0. The molecule has 1 heterocycles. The van der Waals surface area contributed by atoms with E-state index in [-0.39, 0.29) is 5.54 Å². The summed E-state index contributed by atoms with van der Waals surface area (Å²) in [5.41, 5.74) is 6.88. The summed E-state index contributed by atoms with van der Waals surface area (Å²) in [6.45, 7) is 9.24. The van der Waals surface area contributed by atoms with Gasteiger partial charge < -0.3 is 10.2 Å². The van der Waals surface area contributed by atoms with E-state index in [1.807, 2.05) is 0 Å². The third kappa shape index (κ3) is 4.89. The van der Waals surface area contributed by atoms with E-state index >= 15 is 0 Å². The van der Waals surface area contributed by atoms with Gasteiger partial charge in [-0.05, 0) is 103 Å². The van der Waals surface area contributed by atoms with Crippen molar-refractivity contribution in [2.75, 3.05) is 31.4 Å². The number of rotatable bonds is 6. The van der Waals surface area contributed by atoms with Crippen LogP contribution in [0, 0.1) is 13.8 Å². The number of nitrogens with one attached hydrogen (secondary N) is 1. The molecule has 0 bridgehead atoms. The van der Waals surface area contributed by atoms with Crippen LogP contribution in [-0.4, -0.2) is 48.1 Å². The normalized spacial score (nSPS) is 21.1. The van der Waals surface area contributed by atoms with Crippen molar-refractivity contribution in [1.29, 1.82) is 0 Å². The van der Waals surface area contributed by atoms with Crippen LogP contribution in [0.15, 0.2) is 18.2 Å². The smallest absolute Gasteiger partial charge is 0.225 e. The molecule has 0 radical (unpaired) electrons. The van der Waals surface area contributed by atoms with Crippen molar-refractivity contribution in [1.82, 2.24) is 14.9 Å². The maximum absolute atomic E-state index is 4.94. The van der Waals surface area contributed by atoms with E-state index in [4.69, 9.17) is 9.97 Å². The standard InChI is InChI=1S/C28H43N5/c1-19-11-10-13-24(20(19)2)28(3,4)33(7)22-17-15-21(16-18-22)29-27-30-25-14-9-8-12-23(25)26(31-27)32(5)6/h10-11,13,21-22H,8-9,12,14-18H2,1-7H3,(H,29,30,31). The lowest BCUT2D eigenvalue weighted by atomic mass is 9.83. The number of fused-ring (bicyclic) bond motifs is 1. The SMILES string of the molecule is Cc1cccc(C(C)(C)N(C)C2CCC(Nc3nc4c(c(N(C)C)n3)CCCC4)CC2)c1C. The predicted molar refractivity (Wildman–Crippen MR) is 139 cm³/mol. The average molecular weight is 450 g/mol. The van der Waals surface area contributed by atoms with Gasteiger partial charge in [-0.15, -0.1) is 0 Å². The fraction of sp³-hybridized carbons (Fsp3) is 0.643. The van der Waals surface area contributed by atoms with Crippen molar-refractivity contribution >= 4 is 11.8 Å². The Kier molecular flexibility index (Phi) is 6.99. The molecule has 0 unspecified atom stereocenters. The van der Waals surface area contributed by atoms with Crippen LogP contribution in [-0.2, 0) is 18.4 Å². The molecule has 5 heteroatoms. The van der Waals surface area contributed by atoms with E-state index in [0.717, 1.165) is 37.4 Å². The average Bonchev–Trinajstić information content (AvgIpc) is 2.80. The highest BCUT2D eigenvalue weighted by atomic mass is 15.2. The summed E-state index contributed by atoms with van der Waals surface area (Å²) in [4.78, 5) is 14.6. The van der Waals surface area contributed by atoms with Gasteiger partial charge in [-0.25, -0.2) is 4.98 Å². The first-order valence-corrected chi connectivity index (χ1v) is 12.8. The van der Waals surface area contributed by atoms with Crippen molar-refractivity contribution in [2.24, 2.45) is 0 Å². The molecule has 1 fully saturated rings. The Bertz CT molecular complexity index is 972. The Morgan fingerprint density at radius 1 is 0.939 bits per heavy atom. The van der Waals surface area contributed by atoms with Crippen molar-refractivity contribution in [3.05, 3.63) is 46.1 Å². The van der Waals surface area contributed by atoms with Crippen LogP contribution < -0.4 is 10.2 Å². The van der Waals surface area contributed by atoms with E-state index in [1.54, 1.807) is 0 Å². The van der Waals surface area contributed by atoms with E-state index in [0.29, 0.717) is 12.1 Å². The van der Waals surface area contributed by atoms with Gasteiger partial charge in [-0.1, -0.05) is 18.2 Å². The number of nitrogens with zero attached hydrogens (tertiary/aromatic N) is 4. The topological polar surface area (TPSA) is 44.3 Å². The van der Waals surface area contributed by atoms with E-state index in [2.05, 4.69) is 82.2 Å². The van der Waals surface area contributed by atoms with Crippen molar-refractivity contribution in [3.63, 3.8) is 0 Å². The summed E-state index contributed by atoms with van der Waals surface area (Å²) < 4.78 is 0. The summed E-state index contributed by atoms with van der Waals surface area (Å²) in [5.74, 6) is 1.93. The van der Waals surface area contributed by atoms with Gasteiger partial charge in [0, 0.05) is 37.3 Å². The van der Waals surface area contributed by atoms with Crippen LogP contribution in [0.5, 0.6) is 0 Å². The largest absolute Gasteiger partial charge is 0.362 e. The van der Waals surface area contributed by atoms with Crippen molar-refractivity contribution in [2.45, 2.75) is 96.7 Å². The summed E-state index contributed by atoms with van der Waals surface area (Å²) in [5, 5.41) is 3.71. The molecule has 180 valence electrons. The molecule has 33 heavy (non-hydrogen) atoms. The first kappa shape index (κ1) is 24.0. The number of anilines is 2. The van der Waals surface area contributed by atoms with Crippen LogP contribution in [0.2, 0.25) is 0 Å². The lowest BCUT2D eigenvalue weighted by Crippen LogP contribution is -2.48. The molecule has 2 aliphatic rings. The number of aryl methyl sites for hydroxylation is 2. The first-order valence-electron chi connectivity index (χ1n) is 12.8. The molecule has 0 amide bonds. The Balaban J connectivity index is 1.42. The molecule has 1 aromatic carbocycles. The van der Waals surface area contributed by atoms with Gasteiger partial charge in [0.1, 0.15) is 5.82 Å². The number of aromatic nitrogens is 2. The van der Waals surface area contributed by atoms with E-state index < -0.39 is 0 Å². The fourth-order valence-corrected chi connectivity index (χ4v) is 5.86. The fourth-order valence-electron chi connectivity index (χ4n) is 5.86. The second-order valence-corrected chi connectivity index (χ2v) is 11.0. The zero-order valence-corrected chi connectivity index (χ0v) is 21.8. The van der Waals surface area contributed by atoms with Gasteiger partial charge in [-0.2, -0.15) is 4.98 Å². The van der Waals surface area contributed by atoms with Crippen molar-refractivity contribution in [3.8, 4) is 0 Å². The van der Waals surface area contributed by atoms with E-state index in [9.17, 15) is 0 Å². The minimum absolute atomic E-state index is 0.0171. The minimum atomic E-state index is 0.0171. The number of hydrogen-bond acceptors (Lipinski definition) is 5. The maximum atomic E-state index is 4.94. The van der Waals surface area contributed by atoms with Crippen molar-refractivity contribution < 1.29 is 0 Å². The van der Waals surface area contributed by atoms with Crippen LogP contribution in [0.3, 0.4) is 0 Å². The molecule has 0 atom stereocenters. The third-order valence-corrected chi connectivity index (χ3v) is 8.31. The maximum Gasteiger partial charge on any atom is 0.225 e. The third-order valence-electron chi connectivity index (χ3n) is 8.31. The molecule has 0 spiro atoms. The van der Waals surface area contributed by atoms with Crippen LogP contribution >= 0.6 is 0 Å². The van der Waals surface area contributed by atoms with Gasteiger partial charge in [0.05, 0.1) is 5.69 Å². The highest BCUT2D eigenvalue weighted by molar-refractivity contribution is 5.53. The molecule has 0 saturated heterocycles. The summed E-state index contributed by atoms with van der Waals surface area (Å²) in [7, 11) is 6.51. The highest BCUT2D eigenvalue weighted by Gasteiger charge is 2.34. The quantitative estimate of drug-likeness (QED) is 0.619. The van der Waals surface area contributed by atoms with Crippen LogP contribution in [0.25, 0.3) is 0 Å². The molecule has 2 aromatic rings. The van der Waals surface area contributed by atoms with Gasteiger partial charge >= 0.3 is 0 Å². The second kappa shape index (κ2) is 9.61. The molecule has 2 aliphatic carbocycles. The highest BCUT2D eigenvalue weighted by Crippen LogP contribution is 2.36. The summed E-state index contributed by atoms with van der Waals surface area (Å²) in [6.07, 6.45) is 9.41. The molecule has 4 rings (SSSR count). The Labute approximate surface area is 201 Å². The molecular weight excluding hydrogens is 406 g/mol. The predicted octanol–water partition coefficient (Wildman–Crippen LogP) is 5.63. The summed E-state index contributed by atoms with van der Waals surface area (Å²) >= 11 is 0. The van der Waals surface area contributed by atoms with Crippen LogP contribution in [0.4, 0.5) is 11.8 Å².